The second-order valence-electron chi connectivity index (χ2n) is 13.6. The zero-order chi connectivity index (χ0) is 46.2. The average molecular weight is 956 g/mol. The van der Waals surface area contributed by atoms with Crippen molar-refractivity contribution in [3.8, 4) is 17.2 Å². The third-order valence-corrected chi connectivity index (χ3v) is 12.3. The second kappa shape index (κ2) is 21.1. The fourth-order valence-corrected chi connectivity index (χ4v) is 8.64. The van der Waals surface area contributed by atoms with Crippen LogP contribution in [0.15, 0.2) is 30.9 Å². The maximum absolute atomic E-state index is 12.6. The molecule has 0 radical (unpaired) electrons. The molecule has 1 aromatic carbocycles. The van der Waals surface area contributed by atoms with E-state index in [1.807, 2.05) is 0 Å². The van der Waals surface area contributed by atoms with E-state index in [4.69, 9.17) is 15.2 Å². The number of carbonyl (C=O) groups excluding carboxylic acids is 3. The summed E-state index contributed by atoms with van der Waals surface area (Å²) < 4.78 is 65.5. The number of nitrogens with zero attached hydrogens (tertiary/aromatic N) is 4. The molecule has 2 amide bonds. The van der Waals surface area contributed by atoms with Gasteiger partial charge in [-0.1, -0.05) is 25.6 Å². The number of nitrogens with two attached hydrogens (primary N) is 1. The van der Waals surface area contributed by atoms with Crippen LogP contribution in [-0.2, 0) is 50.7 Å². The van der Waals surface area contributed by atoms with Crippen molar-refractivity contribution < 1.29 is 95.4 Å². The van der Waals surface area contributed by atoms with Crippen molar-refractivity contribution in [3.05, 3.63) is 36.4 Å². The van der Waals surface area contributed by atoms with E-state index in [-0.39, 0.29) is 65.1 Å². The number of methoxy groups -OCH3 is 1. The fraction of sp³-hybridized carbons (Fsp3) is 0.484. The lowest BCUT2D eigenvalue weighted by molar-refractivity contribution is -0.347. The second-order valence-corrected chi connectivity index (χ2v) is 18.7. The summed E-state index contributed by atoms with van der Waals surface area (Å²) >= 11 is 0.848. The number of carbonyl (C=O) groups is 3. The van der Waals surface area contributed by atoms with Gasteiger partial charge in [-0.05, 0) is 18.2 Å². The zero-order valence-corrected chi connectivity index (χ0v) is 36.0. The van der Waals surface area contributed by atoms with Crippen LogP contribution in [0.5, 0.6) is 17.2 Å². The van der Waals surface area contributed by atoms with Gasteiger partial charge in [-0.2, -0.15) is 0 Å². The predicted molar refractivity (Wildman–Crippen MR) is 204 cm³/mol. The predicted octanol–water partition coefficient (Wildman–Crippen LogP) is -2.73. The van der Waals surface area contributed by atoms with Gasteiger partial charge in [-0.15, -0.1) is 0 Å². The topological polar surface area (TPSA) is 425 Å². The lowest BCUT2D eigenvalue weighted by Crippen LogP contribution is -2.46. The molecular formula is C31H40N7O20P3S-4. The zero-order valence-electron chi connectivity index (χ0n) is 32.5. The number of aromatic hydroxyl groups is 2. The summed E-state index contributed by atoms with van der Waals surface area (Å²) in [5, 5.41) is 45.3. The number of phenols is 2. The maximum Gasteiger partial charge on any atom is 0.274 e. The highest BCUT2D eigenvalue weighted by Gasteiger charge is 2.47. The van der Waals surface area contributed by atoms with Crippen LogP contribution in [0.3, 0.4) is 0 Å². The van der Waals surface area contributed by atoms with Crippen molar-refractivity contribution in [1.82, 2.24) is 30.2 Å². The Bertz CT molecular complexity index is 2280. The van der Waals surface area contributed by atoms with E-state index in [9.17, 15) is 68.1 Å². The fourth-order valence-electron chi connectivity index (χ4n) is 5.33. The number of thioether (sulfide) groups is 1. The third-order valence-electron chi connectivity index (χ3n) is 8.45. The minimum absolute atomic E-state index is 0.0309. The molecule has 344 valence electrons. The molecule has 2 aromatic heterocycles. The Kier molecular flexibility index (Phi) is 17.2. The molecular weight excluding hydrogens is 915 g/mol. The quantitative estimate of drug-likeness (QED) is 0.0305. The molecule has 3 heterocycles. The minimum atomic E-state index is -5.94. The van der Waals surface area contributed by atoms with E-state index < -0.39 is 89.7 Å². The van der Waals surface area contributed by atoms with Crippen molar-refractivity contribution in [1.29, 1.82) is 0 Å². The Morgan fingerprint density at radius 2 is 1.74 bits per heavy atom. The normalized spacial score (nSPS) is 20.7. The number of aliphatic hydroxyl groups excluding tert-OH is 2. The first-order valence-electron chi connectivity index (χ1n) is 17.6. The summed E-state index contributed by atoms with van der Waals surface area (Å²) in [6.45, 7) is -0.217. The van der Waals surface area contributed by atoms with E-state index in [1.54, 1.807) is 0 Å². The van der Waals surface area contributed by atoms with Crippen molar-refractivity contribution in [2.45, 2.75) is 50.9 Å². The molecule has 0 aliphatic carbocycles. The standard InChI is InChI=1S/C31H44N7O20P3S/c1-31(2,26(44)29(45)34-7-6-21(41)33-8-9-62-22(42)5-4-16-10-19(53-3)18(40)11-17(16)39)13-55-61(51,52)58-60(49,50)54-12-20-25(57-59(46,47)48)24(43)30(56-20)38-15-37-23-27(32)35-14-36-28(23)38/h4-5,10-11,14-15,20,24-26,30,39-40,43-44H,6-9,12-13H2,1-3H3,(H,33,41)(H,34,45)(H,49,50)(H,51,52)(H2,32,35,36)(H2,46,47,48)/p-4/b5-4+/t20-,24-,25-,26?,30-/m1/s1. The molecule has 0 spiro atoms. The number of nitrogen functional groups attached to an aromatic ring is 1. The number of amides is 2. The number of phosphoric acid groups is 3. The summed E-state index contributed by atoms with van der Waals surface area (Å²) in [5.41, 5.74) is 4.21. The largest absolute Gasteiger partial charge is 0.790 e. The molecule has 62 heavy (non-hydrogen) atoms. The van der Waals surface area contributed by atoms with Gasteiger partial charge in [0.1, 0.15) is 42.0 Å². The highest BCUT2D eigenvalue weighted by Crippen LogP contribution is 2.56. The van der Waals surface area contributed by atoms with Gasteiger partial charge in [0.2, 0.25) is 16.9 Å². The number of fused-ring (bicyclic) bond motifs is 1. The number of aromatic nitrogens is 4. The molecule has 8 N–H and O–H groups in total. The molecule has 3 aromatic rings. The van der Waals surface area contributed by atoms with Crippen LogP contribution in [0.25, 0.3) is 17.2 Å². The Morgan fingerprint density at radius 1 is 1.05 bits per heavy atom. The Labute approximate surface area is 355 Å². The monoisotopic (exact) mass is 955 g/mol. The van der Waals surface area contributed by atoms with Crippen LogP contribution in [-0.4, -0.2) is 120 Å². The number of phenolic OH excluding ortho intramolecular Hbond substituents is 2. The van der Waals surface area contributed by atoms with E-state index in [2.05, 4.69) is 43.5 Å². The first-order chi connectivity index (χ1) is 28.8. The van der Waals surface area contributed by atoms with Gasteiger partial charge in [0.15, 0.2) is 29.2 Å². The summed E-state index contributed by atoms with van der Waals surface area (Å²) in [7, 11) is -16.4. The lowest BCUT2D eigenvalue weighted by atomic mass is 9.87. The van der Waals surface area contributed by atoms with Gasteiger partial charge < -0.3 is 84.0 Å². The van der Waals surface area contributed by atoms with Gasteiger partial charge in [0.05, 0.1) is 34.5 Å². The molecule has 7 atom stereocenters. The number of rotatable bonds is 22. The Hall–Kier alpha value is -4.08. The highest BCUT2D eigenvalue weighted by molar-refractivity contribution is 8.14. The van der Waals surface area contributed by atoms with Crippen LogP contribution in [0.2, 0.25) is 0 Å². The van der Waals surface area contributed by atoms with Gasteiger partial charge >= 0.3 is 0 Å². The summed E-state index contributed by atoms with van der Waals surface area (Å²) in [6.07, 6.45) is -5.32. The summed E-state index contributed by atoms with van der Waals surface area (Å²) in [5.74, 6) is -2.03. The number of aliphatic hydroxyl groups is 2. The van der Waals surface area contributed by atoms with Gasteiger partial charge in [0, 0.05) is 42.3 Å². The average Bonchev–Trinajstić information content (AvgIpc) is 3.74. The molecule has 1 aliphatic heterocycles. The molecule has 27 nitrogen and oxygen atoms in total. The van der Waals surface area contributed by atoms with E-state index >= 15 is 0 Å². The summed E-state index contributed by atoms with van der Waals surface area (Å²) in [4.78, 5) is 96.5. The third kappa shape index (κ3) is 14.2. The van der Waals surface area contributed by atoms with Crippen LogP contribution >= 0.6 is 35.2 Å². The summed E-state index contributed by atoms with van der Waals surface area (Å²) in [6, 6.07) is 2.38. The molecule has 0 bridgehead atoms. The highest BCUT2D eigenvalue weighted by atomic mass is 32.2. The van der Waals surface area contributed by atoms with Gasteiger partial charge in [0.25, 0.3) is 15.6 Å². The number of anilines is 1. The Morgan fingerprint density at radius 3 is 2.42 bits per heavy atom. The molecule has 1 fully saturated rings. The molecule has 3 unspecified atom stereocenters. The first kappa shape index (κ1) is 50.6. The molecule has 1 saturated heterocycles. The maximum atomic E-state index is 12.6. The van der Waals surface area contributed by atoms with Crippen molar-refractivity contribution >= 4 is 75.2 Å². The van der Waals surface area contributed by atoms with Gasteiger partial charge in [-0.3, -0.25) is 28.1 Å². The van der Waals surface area contributed by atoms with Crippen molar-refractivity contribution in [2.24, 2.45) is 5.41 Å². The molecule has 0 saturated carbocycles. The Balaban J connectivity index is 1.20. The number of ether oxygens (including phenoxy) is 2. The van der Waals surface area contributed by atoms with E-state index in [1.165, 1.54) is 39.2 Å². The molecule has 31 heteroatoms. The smallest absolute Gasteiger partial charge is 0.274 e. The number of hydrogen-bond acceptors (Lipinski definition) is 25. The van der Waals surface area contributed by atoms with Crippen molar-refractivity contribution in [3.63, 3.8) is 0 Å². The minimum Gasteiger partial charge on any atom is -0.790 e. The number of nitrogens with one attached hydrogen (secondary N) is 2. The van der Waals surface area contributed by atoms with Gasteiger partial charge in [-0.25, -0.2) is 19.3 Å². The molecule has 1 aliphatic rings. The van der Waals surface area contributed by atoms with Crippen LogP contribution in [0.1, 0.15) is 32.1 Å². The number of hydrogen-bond donors (Lipinski definition) is 7. The van der Waals surface area contributed by atoms with Crippen LogP contribution < -0.4 is 40.7 Å². The first-order valence-corrected chi connectivity index (χ1v) is 23.0. The van der Waals surface area contributed by atoms with E-state index in [0.717, 1.165) is 35.0 Å². The lowest BCUT2D eigenvalue weighted by Gasteiger charge is -2.36. The van der Waals surface area contributed by atoms with Crippen LogP contribution in [0.4, 0.5) is 5.82 Å². The number of benzene rings is 1. The number of phosphoric ester groups is 3. The SMILES string of the molecule is COc1cc(/C=C/C(=O)SCCNC(=O)CCNC(=O)C(O)C(C)(C)COP(=O)([O-])OP(=O)([O-])OC[C@H]2O[C@@H](n3cnc4c(N)ncnc43)[C@H](O)[C@@H]2OP(=O)([O-])[O-])c(O)cc1O. The molecule has 4 rings (SSSR count). The van der Waals surface area contributed by atoms with E-state index in [0.29, 0.717) is 0 Å². The van der Waals surface area contributed by atoms with Crippen molar-refractivity contribution in [2.75, 3.05) is 44.9 Å². The number of imidazole rings is 1. The van der Waals surface area contributed by atoms with Crippen LogP contribution in [0, 0.1) is 5.41 Å².